The molecule has 0 radical (unpaired) electrons. The number of pyridine rings is 1. The standard InChI is InChI=1S/C46H32N4/c1-4-14-33(15-5-1)44(34-16-6-2-7-17-34)49-48-42-23-13-22-39-38-21-12-20-37(40(38)29-30-41(39)42)32-25-27-36(28-26-32)46-45(35-18-8-3-9-19-35)47-43-24-10-11-31-50(43)46/h1-31,44H. The molecule has 0 aliphatic rings. The number of imidazole rings is 1. The lowest BCUT2D eigenvalue weighted by atomic mass is 9.93. The fraction of sp³-hybridized carbons (Fsp3) is 0.0217. The molecule has 4 heteroatoms. The van der Waals surface area contributed by atoms with Crippen molar-refractivity contribution >= 4 is 32.9 Å². The van der Waals surface area contributed by atoms with Crippen molar-refractivity contribution in [2.24, 2.45) is 10.2 Å². The van der Waals surface area contributed by atoms with E-state index in [4.69, 9.17) is 15.2 Å². The van der Waals surface area contributed by atoms with E-state index in [-0.39, 0.29) is 6.04 Å². The third-order valence-corrected chi connectivity index (χ3v) is 9.45. The van der Waals surface area contributed by atoms with Crippen molar-refractivity contribution in [3.05, 3.63) is 199 Å². The summed E-state index contributed by atoms with van der Waals surface area (Å²) < 4.78 is 2.18. The summed E-state index contributed by atoms with van der Waals surface area (Å²) in [6.07, 6.45) is 2.09. The minimum Gasteiger partial charge on any atom is -0.299 e. The number of hydrogen-bond acceptors (Lipinski definition) is 3. The summed E-state index contributed by atoms with van der Waals surface area (Å²) in [6, 6.07) is 63.3. The van der Waals surface area contributed by atoms with Gasteiger partial charge in [-0.15, -0.1) is 0 Å². The van der Waals surface area contributed by atoms with E-state index in [1.165, 1.54) is 16.3 Å². The van der Waals surface area contributed by atoms with Gasteiger partial charge in [0.15, 0.2) is 0 Å². The first-order chi connectivity index (χ1) is 24.8. The third-order valence-electron chi connectivity index (χ3n) is 9.45. The summed E-state index contributed by atoms with van der Waals surface area (Å²) >= 11 is 0. The number of nitrogens with zero attached hydrogens (tertiary/aromatic N) is 4. The van der Waals surface area contributed by atoms with Crippen LogP contribution < -0.4 is 0 Å². The van der Waals surface area contributed by atoms with Gasteiger partial charge in [0.1, 0.15) is 11.7 Å². The molecule has 4 nitrogen and oxygen atoms in total. The zero-order valence-electron chi connectivity index (χ0n) is 27.3. The molecule has 0 aliphatic heterocycles. The summed E-state index contributed by atoms with van der Waals surface area (Å²) in [7, 11) is 0. The fourth-order valence-electron chi connectivity index (χ4n) is 7.04. The highest BCUT2D eigenvalue weighted by molar-refractivity contribution is 6.14. The van der Waals surface area contributed by atoms with Crippen LogP contribution in [0, 0.1) is 0 Å². The predicted octanol–water partition coefficient (Wildman–Crippen LogP) is 12.5. The van der Waals surface area contributed by atoms with Crippen LogP contribution >= 0.6 is 0 Å². The zero-order chi connectivity index (χ0) is 33.3. The highest BCUT2D eigenvalue weighted by Crippen LogP contribution is 2.39. The Morgan fingerprint density at radius 1 is 0.440 bits per heavy atom. The lowest BCUT2D eigenvalue weighted by Crippen LogP contribution is -1.96. The summed E-state index contributed by atoms with van der Waals surface area (Å²) in [5.41, 5.74) is 10.7. The van der Waals surface area contributed by atoms with Crippen LogP contribution in [-0.2, 0) is 0 Å². The number of benzene rings is 7. The highest BCUT2D eigenvalue weighted by atomic mass is 15.1. The van der Waals surface area contributed by atoms with E-state index in [0.717, 1.165) is 61.3 Å². The van der Waals surface area contributed by atoms with E-state index in [2.05, 4.69) is 168 Å². The molecule has 0 saturated carbocycles. The molecule has 2 heterocycles. The van der Waals surface area contributed by atoms with Crippen LogP contribution in [0.3, 0.4) is 0 Å². The van der Waals surface area contributed by atoms with Crippen molar-refractivity contribution in [2.75, 3.05) is 0 Å². The molecule has 0 spiro atoms. The molecule has 9 aromatic rings. The summed E-state index contributed by atoms with van der Waals surface area (Å²) in [5.74, 6) is 0. The molecule has 0 unspecified atom stereocenters. The number of azo groups is 1. The number of fused-ring (bicyclic) bond motifs is 4. The Kier molecular flexibility index (Phi) is 7.52. The Bertz CT molecular complexity index is 2590. The Morgan fingerprint density at radius 3 is 1.76 bits per heavy atom. The van der Waals surface area contributed by atoms with Gasteiger partial charge in [-0.2, -0.15) is 10.2 Å². The normalized spacial score (nSPS) is 11.7. The lowest BCUT2D eigenvalue weighted by Gasteiger charge is -2.13. The molecular weight excluding hydrogens is 609 g/mol. The predicted molar refractivity (Wildman–Crippen MR) is 206 cm³/mol. The largest absolute Gasteiger partial charge is 0.299 e. The van der Waals surface area contributed by atoms with Crippen molar-refractivity contribution in [2.45, 2.75) is 6.04 Å². The topological polar surface area (TPSA) is 42.0 Å². The maximum Gasteiger partial charge on any atom is 0.137 e. The van der Waals surface area contributed by atoms with Crippen molar-refractivity contribution in [1.29, 1.82) is 0 Å². The maximum absolute atomic E-state index is 5.02. The molecule has 2 aromatic heterocycles. The van der Waals surface area contributed by atoms with Crippen LogP contribution in [0.15, 0.2) is 198 Å². The van der Waals surface area contributed by atoms with E-state index in [9.17, 15) is 0 Å². The van der Waals surface area contributed by atoms with E-state index in [0.29, 0.717) is 0 Å². The first-order valence-electron chi connectivity index (χ1n) is 16.9. The van der Waals surface area contributed by atoms with Gasteiger partial charge in [-0.25, -0.2) is 4.98 Å². The van der Waals surface area contributed by atoms with Crippen LogP contribution in [0.1, 0.15) is 17.2 Å². The van der Waals surface area contributed by atoms with Crippen LogP contribution in [-0.4, -0.2) is 9.38 Å². The average molecular weight is 641 g/mol. The smallest absolute Gasteiger partial charge is 0.137 e. The van der Waals surface area contributed by atoms with Crippen LogP contribution in [0.5, 0.6) is 0 Å². The Hall–Kier alpha value is -6.65. The first kappa shape index (κ1) is 29.5. The molecular formula is C46H32N4. The molecule has 50 heavy (non-hydrogen) atoms. The summed E-state index contributed by atoms with van der Waals surface area (Å²) in [4.78, 5) is 5.02. The van der Waals surface area contributed by atoms with E-state index in [1.54, 1.807) is 0 Å². The first-order valence-corrected chi connectivity index (χ1v) is 16.9. The van der Waals surface area contributed by atoms with Crippen molar-refractivity contribution < 1.29 is 0 Å². The Morgan fingerprint density at radius 2 is 1.04 bits per heavy atom. The fourth-order valence-corrected chi connectivity index (χ4v) is 7.04. The summed E-state index contributed by atoms with van der Waals surface area (Å²) in [6.45, 7) is 0. The van der Waals surface area contributed by atoms with Crippen molar-refractivity contribution in [3.63, 3.8) is 0 Å². The molecule has 0 N–H and O–H groups in total. The van der Waals surface area contributed by atoms with Crippen molar-refractivity contribution in [3.8, 4) is 33.6 Å². The average Bonchev–Trinajstić information content (AvgIpc) is 3.59. The van der Waals surface area contributed by atoms with Gasteiger partial charge >= 0.3 is 0 Å². The minimum absolute atomic E-state index is 0.188. The van der Waals surface area contributed by atoms with Gasteiger partial charge in [-0.3, -0.25) is 4.40 Å². The van der Waals surface area contributed by atoms with Gasteiger partial charge in [0.05, 0.1) is 17.1 Å². The maximum atomic E-state index is 5.02. The number of aromatic nitrogens is 2. The molecule has 0 fully saturated rings. The highest BCUT2D eigenvalue weighted by Gasteiger charge is 2.17. The zero-order valence-corrected chi connectivity index (χ0v) is 27.3. The molecule has 9 rings (SSSR count). The van der Waals surface area contributed by atoms with Gasteiger partial charge in [0, 0.05) is 22.7 Å². The molecule has 7 aromatic carbocycles. The summed E-state index contributed by atoms with van der Waals surface area (Å²) in [5, 5.41) is 14.4. The number of rotatable bonds is 7. The molecule has 0 bridgehead atoms. The Balaban J connectivity index is 1.10. The van der Waals surface area contributed by atoms with Gasteiger partial charge in [-0.05, 0) is 56.6 Å². The monoisotopic (exact) mass is 640 g/mol. The van der Waals surface area contributed by atoms with E-state index < -0.39 is 0 Å². The second-order valence-corrected chi connectivity index (χ2v) is 12.5. The third kappa shape index (κ3) is 5.33. The molecule has 0 amide bonds. The van der Waals surface area contributed by atoms with Gasteiger partial charge in [0.2, 0.25) is 0 Å². The molecule has 0 aliphatic carbocycles. The van der Waals surface area contributed by atoms with Crippen molar-refractivity contribution in [1.82, 2.24) is 9.38 Å². The van der Waals surface area contributed by atoms with Crippen LogP contribution in [0.2, 0.25) is 0 Å². The molecule has 236 valence electrons. The van der Waals surface area contributed by atoms with E-state index in [1.807, 2.05) is 24.3 Å². The van der Waals surface area contributed by atoms with Gasteiger partial charge in [-0.1, -0.05) is 164 Å². The van der Waals surface area contributed by atoms with E-state index >= 15 is 0 Å². The second-order valence-electron chi connectivity index (χ2n) is 12.5. The van der Waals surface area contributed by atoms with Crippen LogP contribution in [0.4, 0.5) is 5.69 Å². The molecule has 0 saturated heterocycles. The lowest BCUT2D eigenvalue weighted by molar-refractivity contribution is 0.810. The minimum atomic E-state index is -0.188. The quantitative estimate of drug-likeness (QED) is 0.126. The van der Waals surface area contributed by atoms with Crippen LogP contribution in [0.25, 0.3) is 60.8 Å². The van der Waals surface area contributed by atoms with Gasteiger partial charge < -0.3 is 0 Å². The number of hydrogen-bond donors (Lipinski definition) is 0. The second kappa shape index (κ2) is 12.8. The SMILES string of the molecule is c1ccc(-c2nc3ccccn3c2-c2ccc(-c3cccc4c3ccc3c(N=NC(c5ccccc5)c5ccccc5)cccc34)cc2)cc1. The van der Waals surface area contributed by atoms with Gasteiger partial charge in [0.25, 0.3) is 0 Å². The molecule has 0 atom stereocenters. The Labute approximate surface area is 290 Å².